The summed E-state index contributed by atoms with van der Waals surface area (Å²) >= 11 is 0. The predicted octanol–water partition coefficient (Wildman–Crippen LogP) is 4.44. The van der Waals surface area contributed by atoms with Crippen molar-refractivity contribution >= 4 is 23.2 Å². The number of carbonyl (C=O) groups excluding carboxylic acids is 2. The van der Waals surface area contributed by atoms with E-state index < -0.39 is 5.54 Å². The first-order valence-electron chi connectivity index (χ1n) is 12.5. The molecule has 1 N–H and O–H groups in total. The van der Waals surface area contributed by atoms with Crippen molar-refractivity contribution in [3.63, 3.8) is 0 Å². The van der Waals surface area contributed by atoms with Gasteiger partial charge < -0.3 is 15.1 Å². The van der Waals surface area contributed by atoms with E-state index in [9.17, 15) is 9.59 Å². The Morgan fingerprint density at radius 1 is 0.857 bits per heavy atom. The summed E-state index contributed by atoms with van der Waals surface area (Å²) in [5.41, 5.74) is 7.06. The second-order valence-corrected chi connectivity index (χ2v) is 9.75. The van der Waals surface area contributed by atoms with Crippen LogP contribution in [0.1, 0.15) is 36.0 Å². The van der Waals surface area contributed by atoms with Gasteiger partial charge in [0.2, 0.25) is 5.91 Å². The molecule has 2 heterocycles. The molecule has 3 aromatic rings. The lowest BCUT2D eigenvalue weighted by molar-refractivity contribution is -0.124. The Kier molecular flexibility index (Phi) is 5.43. The topological polar surface area (TPSA) is 52.7 Å². The maximum Gasteiger partial charge on any atom is 0.247 e. The highest BCUT2D eigenvalue weighted by Crippen LogP contribution is 2.41. The number of benzene rings is 3. The number of nitrogens with one attached hydrogen (secondary N) is 1. The minimum Gasteiger partial charge on any atom is -0.362 e. The Morgan fingerprint density at radius 3 is 2.37 bits per heavy atom. The summed E-state index contributed by atoms with van der Waals surface area (Å²) in [5.74, 6) is 2.38. The molecule has 0 bridgehead atoms. The van der Waals surface area contributed by atoms with Gasteiger partial charge in [0, 0.05) is 24.3 Å². The first-order valence-corrected chi connectivity index (χ1v) is 12.5. The number of anilines is 1. The minimum atomic E-state index is -0.577. The molecule has 1 amide bonds. The lowest BCUT2D eigenvalue weighted by Crippen LogP contribution is -2.56. The number of hydrogen-bond acceptors (Lipinski definition) is 4. The van der Waals surface area contributed by atoms with Crippen LogP contribution in [0.5, 0.6) is 0 Å². The molecule has 3 aliphatic rings. The number of amides is 1. The lowest BCUT2D eigenvalue weighted by Gasteiger charge is -2.44. The SMILES string of the molecule is O=C=C(c1cccc2c1-c1ccccc1CCC2)N1CCC2(CC1)C(=O)NCN2c1ccccc1. The lowest BCUT2D eigenvalue weighted by atomic mass is 9.84. The highest BCUT2D eigenvalue weighted by molar-refractivity contribution is 5.96. The first kappa shape index (κ1) is 21.7. The number of aryl methyl sites for hydroxylation is 2. The van der Waals surface area contributed by atoms with Crippen LogP contribution in [-0.2, 0) is 22.4 Å². The molecule has 2 saturated heterocycles. The summed E-state index contributed by atoms with van der Waals surface area (Å²) in [4.78, 5) is 29.9. The van der Waals surface area contributed by atoms with Crippen molar-refractivity contribution in [2.75, 3.05) is 24.7 Å². The molecule has 176 valence electrons. The Bertz CT molecular complexity index is 1320. The van der Waals surface area contributed by atoms with Crippen molar-refractivity contribution in [2.24, 2.45) is 0 Å². The van der Waals surface area contributed by atoms with Crippen molar-refractivity contribution in [3.8, 4) is 11.1 Å². The molecule has 6 rings (SSSR count). The highest BCUT2D eigenvalue weighted by Gasteiger charge is 2.50. The van der Waals surface area contributed by atoms with Crippen LogP contribution in [0.2, 0.25) is 0 Å². The van der Waals surface area contributed by atoms with Crippen molar-refractivity contribution in [1.82, 2.24) is 10.2 Å². The fraction of sp³-hybridized carbons (Fsp3) is 0.300. The van der Waals surface area contributed by atoms with E-state index in [1.54, 1.807) is 0 Å². The third-order valence-electron chi connectivity index (χ3n) is 7.99. The van der Waals surface area contributed by atoms with Crippen LogP contribution in [0.3, 0.4) is 0 Å². The van der Waals surface area contributed by atoms with Gasteiger partial charge in [0.05, 0.1) is 6.67 Å². The van der Waals surface area contributed by atoms with E-state index in [1.165, 1.54) is 22.3 Å². The second kappa shape index (κ2) is 8.75. The Morgan fingerprint density at radius 2 is 1.57 bits per heavy atom. The van der Waals surface area contributed by atoms with Crippen molar-refractivity contribution in [1.29, 1.82) is 0 Å². The largest absolute Gasteiger partial charge is 0.362 e. The van der Waals surface area contributed by atoms with E-state index in [2.05, 4.69) is 75.7 Å². The number of rotatable bonds is 3. The Labute approximate surface area is 206 Å². The van der Waals surface area contributed by atoms with Gasteiger partial charge in [0.15, 0.2) is 5.94 Å². The van der Waals surface area contributed by atoms with Crippen molar-refractivity contribution in [2.45, 2.75) is 37.6 Å². The van der Waals surface area contributed by atoms with E-state index in [1.807, 2.05) is 18.2 Å². The molecule has 0 unspecified atom stereocenters. The number of carbonyl (C=O) groups is 1. The Balaban J connectivity index is 1.33. The van der Waals surface area contributed by atoms with Gasteiger partial charge in [0.25, 0.3) is 0 Å². The number of likely N-dealkylation sites (tertiary alicyclic amines) is 1. The van der Waals surface area contributed by atoms with Gasteiger partial charge in [0.1, 0.15) is 11.2 Å². The van der Waals surface area contributed by atoms with Crippen LogP contribution in [0, 0.1) is 0 Å². The summed E-state index contributed by atoms with van der Waals surface area (Å²) in [7, 11) is 0. The fourth-order valence-electron chi connectivity index (χ4n) is 6.20. The van der Waals surface area contributed by atoms with Gasteiger partial charge >= 0.3 is 0 Å². The van der Waals surface area contributed by atoms with E-state index in [0.717, 1.165) is 30.5 Å². The number of piperidine rings is 1. The van der Waals surface area contributed by atoms with E-state index in [0.29, 0.717) is 38.3 Å². The molecule has 35 heavy (non-hydrogen) atoms. The molecule has 0 saturated carbocycles. The molecule has 0 radical (unpaired) electrons. The Hall–Kier alpha value is -3.82. The van der Waals surface area contributed by atoms with Crippen LogP contribution < -0.4 is 10.2 Å². The molecular formula is C30H29N3O2. The zero-order valence-electron chi connectivity index (χ0n) is 19.8. The number of hydrogen-bond donors (Lipinski definition) is 1. The normalized spacial score (nSPS) is 18.3. The van der Waals surface area contributed by atoms with E-state index in [4.69, 9.17) is 0 Å². The van der Waals surface area contributed by atoms with Crippen LogP contribution in [-0.4, -0.2) is 42.0 Å². The molecule has 3 aromatic carbocycles. The molecule has 5 nitrogen and oxygen atoms in total. The third kappa shape index (κ3) is 3.55. The molecule has 0 atom stereocenters. The van der Waals surface area contributed by atoms with E-state index in [-0.39, 0.29) is 5.91 Å². The van der Waals surface area contributed by atoms with Crippen LogP contribution in [0.15, 0.2) is 72.8 Å². The van der Waals surface area contributed by atoms with Crippen molar-refractivity contribution < 1.29 is 9.59 Å². The molecule has 0 aromatic heterocycles. The van der Waals surface area contributed by atoms with Gasteiger partial charge in [-0.2, -0.15) is 0 Å². The quantitative estimate of drug-likeness (QED) is 0.584. The standard InChI is InChI=1S/C30H29N3O2/c34-20-27(26-15-7-11-23-10-6-9-22-8-4-5-14-25(22)28(23)26)32-18-16-30(17-19-32)29(35)31-21-33(30)24-12-2-1-3-13-24/h1-5,7-8,11-15H,6,9-10,16-19,21H2,(H,31,35). The predicted molar refractivity (Wildman–Crippen MR) is 138 cm³/mol. The van der Waals surface area contributed by atoms with Crippen LogP contribution in [0.25, 0.3) is 16.8 Å². The number of fused-ring (bicyclic) bond motifs is 3. The molecule has 2 fully saturated rings. The zero-order valence-corrected chi connectivity index (χ0v) is 19.8. The maximum absolute atomic E-state index is 13.1. The smallest absolute Gasteiger partial charge is 0.247 e. The molecule has 2 aliphatic heterocycles. The molecule has 5 heteroatoms. The average Bonchev–Trinajstić information content (AvgIpc) is 3.09. The number of para-hydroxylation sites is 1. The summed E-state index contributed by atoms with van der Waals surface area (Å²) in [6.45, 7) is 1.78. The first-order chi connectivity index (χ1) is 17.2. The monoisotopic (exact) mass is 463 g/mol. The molecule has 1 aliphatic carbocycles. The summed E-state index contributed by atoms with van der Waals surface area (Å²) in [6.07, 6.45) is 4.46. The van der Waals surface area contributed by atoms with Gasteiger partial charge in [-0.3, -0.25) is 4.79 Å². The van der Waals surface area contributed by atoms with Gasteiger partial charge in [-0.15, -0.1) is 0 Å². The molecular weight excluding hydrogens is 434 g/mol. The second-order valence-electron chi connectivity index (χ2n) is 9.75. The highest BCUT2D eigenvalue weighted by atomic mass is 16.2. The van der Waals surface area contributed by atoms with Gasteiger partial charge in [-0.25, -0.2) is 4.79 Å². The summed E-state index contributed by atoms with van der Waals surface area (Å²) in [6, 6.07) is 25.0. The van der Waals surface area contributed by atoms with Gasteiger partial charge in [-0.1, -0.05) is 60.7 Å². The van der Waals surface area contributed by atoms with Gasteiger partial charge in [-0.05, 0) is 66.5 Å². The maximum atomic E-state index is 13.1. The third-order valence-corrected chi connectivity index (χ3v) is 7.99. The summed E-state index contributed by atoms with van der Waals surface area (Å²) in [5, 5.41) is 3.06. The zero-order chi connectivity index (χ0) is 23.8. The van der Waals surface area contributed by atoms with Crippen LogP contribution in [0.4, 0.5) is 5.69 Å². The van der Waals surface area contributed by atoms with E-state index >= 15 is 0 Å². The summed E-state index contributed by atoms with van der Waals surface area (Å²) < 4.78 is 0. The van der Waals surface area contributed by atoms with Crippen LogP contribution >= 0.6 is 0 Å². The van der Waals surface area contributed by atoms with Crippen molar-refractivity contribution in [3.05, 3.63) is 89.5 Å². The minimum absolute atomic E-state index is 0.0835. The fourth-order valence-corrected chi connectivity index (χ4v) is 6.20. The number of nitrogens with zero attached hydrogens (tertiary/aromatic N) is 2. The molecule has 1 spiro atoms. The average molecular weight is 464 g/mol.